The molecule has 2 rings (SSSR count). The van der Waals surface area contributed by atoms with Crippen LogP contribution in [0.25, 0.3) is 0 Å². The number of halogens is 1. The molecule has 0 aliphatic rings. The van der Waals surface area contributed by atoms with E-state index in [4.69, 9.17) is 0 Å². The van der Waals surface area contributed by atoms with Crippen molar-refractivity contribution in [1.82, 2.24) is 15.5 Å². The SMILES string of the molecule is Cc1[nH]ncc1CCCNC(=O)c1ccc(I)c(O)c1. The second-order valence-electron chi connectivity index (χ2n) is 4.55. The second kappa shape index (κ2) is 6.74. The van der Waals surface area contributed by atoms with Crippen molar-refractivity contribution in [2.75, 3.05) is 6.54 Å². The first-order valence-corrected chi connectivity index (χ1v) is 7.41. The molecular formula is C14H16IN3O2. The van der Waals surface area contributed by atoms with E-state index < -0.39 is 0 Å². The van der Waals surface area contributed by atoms with Gasteiger partial charge in [-0.25, -0.2) is 0 Å². The number of hydrogen-bond donors (Lipinski definition) is 3. The highest BCUT2D eigenvalue weighted by Gasteiger charge is 2.08. The number of hydrogen-bond acceptors (Lipinski definition) is 3. The quantitative estimate of drug-likeness (QED) is 0.547. The third kappa shape index (κ3) is 3.72. The predicted octanol–water partition coefficient (Wildman–Crippen LogP) is 2.39. The van der Waals surface area contributed by atoms with Gasteiger partial charge in [0.2, 0.25) is 0 Å². The van der Waals surface area contributed by atoms with Crippen molar-refractivity contribution in [3.05, 3.63) is 44.8 Å². The maximum absolute atomic E-state index is 11.9. The maximum Gasteiger partial charge on any atom is 0.251 e. The number of aromatic hydroxyl groups is 1. The number of nitrogens with one attached hydrogen (secondary N) is 2. The number of H-pyrrole nitrogens is 1. The van der Waals surface area contributed by atoms with Crippen LogP contribution in [0.3, 0.4) is 0 Å². The Morgan fingerprint density at radius 3 is 2.95 bits per heavy atom. The van der Waals surface area contributed by atoms with Gasteiger partial charge < -0.3 is 10.4 Å². The Kier molecular flexibility index (Phi) is 4.99. The smallest absolute Gasteiger partial charge is 0.251 e. The van der Waals surface area contributed by atoms with Crippen molar-refractivity contribution in [2.45, 2.75) is 19.8 Å². The molecule has 0 bridgehead atoms. The Morgan fingerprint density at radius 2 is 2.30 bits per heavy atom. The summed E-state index contributed by atoms with van der Waals surface area (Å²) in [6.45, 7) is 2.57. The van der Waals surface area contributed by atoms with Crippen molar-refractivity contribution in [3.63, 3.8) is 0 Å². The Bertz CT molecular complexity index is 610. The summed E-state index contributed by atoms with van der Waals surface area (Å²) in [5.41, 5.74) is 2.72. The molecule has 6 heteroatoms. The molecule has 5 nitrogen and oxygen atoms in total. The normalized spacial score (nSPS) is 10.5. The number of rotatable bonds is 5. The molecule has 3 N–H and O–H groups in total. The fraction of sp³-hybridized carbons (Fsp3) is 0.286. The number of carbonyl (C=O) groups excluding carboxylic acids is 1. The molecular weight excluding hydrogens is 369 g/mol. The van der Waals surface area contributed by atoms with Crippen LogP contribution in [-0.2, 0) is 6.42 Å². The van der Waals surface area contributed by atoms with Gasteiger partial charge in [0.25, 0.3) is 5.91 Å². The van der Waals surface area contributed by atoms with Crippen LogP contribution in [0.2, 0.25) is 0 Å². The summed E-state index contributed by atoms with van der Waals surface area (Å²) in [4.78, 5) is 11.9. The number of benzene rings is 1. The number of aromatic nitrogens is 2. The van der Waals surface area contributed by atoms with E-state index in [0.29, 0.717) is 12.1 Å². The lowest BCUT2D eigenvalue weighted by Gasteiger charge is -2.06. The minimum absolute atomic E-state index is 0.132. The lowest BCUT2D eigenvalue weighted by molar-refractivity contribution is 0.0953. The van der Waals surface area contributed by atoms with Crippen molar-refractivity contribution >= 4 is 28.5 Å². The summed E-state index contributed by atoms with van der Waals surface area (Å²) in [6, 6.07) is 4.91. The van der Waals surface area contributed by atoms with E-state index in [0.717, 1.165) is 22.1 Å². The number of phenolic OH excluding ortho intramolecular Hbond substituents is 1. The first kappa shape index (κ1) is 14.8. The van der Waals surface area contributed by atoms with Crippen LogP contribution in [0.15, 0.2) is 24.4 Å². The number of carbonyl (C=O) groups is 1. The van der Waals surface area contributed by atoms with Crippen LogP contribution < -0.4 is 5.32 Å². The van der Waals surface area contributed by atoms with Crippen LogP contribution in [-0.4, -0.2) is 27.8 Å². The summed E-state index contributed by atoms with van der Waals surface area (Å²) in [6.07, 6.45) is 3.54. The van der Waals surface area contributed by atoms with Gasteiger partial charge in [-0.1, -0.05) is 0 Å². The van der Waals surface area contributed by atoms with E-state index in [1.54, 1.807) is 12.1 Å². The molecule has 1 aromatic heterocycles. The maximum atomic E-state index is 11.9. The van der Waals surface area contributed by atoms with E-state index >= 15 is 0 Å². The fourth-order valence-corrected chi connectivity index (χ4v) is 2.20. The Labute approximate surface area is 130 Å². The summed E-state index contributed by atoms with van der Waals surface area (Å²) < 4.78 is 0.731. The Balaban J connectivity index is 1.80. The van der Waals surface area contributed by atoms with Crippen molar-refractivity contribution in [1.29, 1.82) is 0 Å². The molecule has 20 heavy (non-hydrogen) atoms. The molecule has 0 atom stereocenters. The molecule has 0 aliphatic heterocycles. The monoisotopic (exact) mass is 385 g/mol. The van der Waals surface area contributed by atoms with E-state index in [2.05, 4.69) is 15.5 Å². The van der Waals surface area contributed by atoms with Gasteiger partial charge in [0.1, 0.15) is 5.75 Å². The number of aromatic amines is 1. The first-order chi connectivity index (χ1) is 9.58. The highest BCUT2D eigenvalue weighted by Crippen LogP contribution is 2.20. The van der Waals surface area contributed by atoms with Gasteiger partial charge in [-0.05, 0) is 66.1 Å². The molecule has 0 spiro atoms. The number of amides is 1. The molecule has 1 aromatic carbocycles. The zero-order valence-electron chi connectivity index (χ0n) is 11.1. The highest BCUT2D eigenvalue weighted by atomic mass is 127. The molecule has 1 heterocycles. The molecule has 1 amide bonds. The first-order valence-electron chi connectivity index (χ1n) is 6.33. The zero-order chi connectivity index (χ0) is 14.5. The van der Waals surface area contributed by atoms with Gasteiger partial charge in [0, 0.05) is 17.8 Å². The topological polar surface area (TPSA) is 78.0 Å². The Hall–Kier alpha value is -1.57. The summed E-state index contributed by atoms with van der Waals surface area (Å²) in [5.74, 6) is -0.0344. The van der Waals surface area contributed by atoms with E-state index in [9.17, 15) is 9.90 Å². The third-order valence-electron chi connectivity index (χ3n) is 3.05. The number of nitrogens with zero attached hydrogens (tertiary/aromatic N) is 1. The predicted molar refractivity (Wildman–Crippen MR) is 84.8 cm³/mol. The van der Waals surface area contributed by atoms with Crippen LogP contribution in [0.1, 0.15) is 28.0 Å². The summed E-state index contributed by atoms with van der Waals surface area (Å²) in [7, 11) is 0. The lowest BCUT2D eigenvalue weighted by Crippen LogP contribution is -2.24. The highest BCUT2D eigenvalue weighted by molar-refractivity contribution is 14.1. The van der Waals surface area contributed by atoms with Gasteiger partial charge in [0.15, 0.2) is 0 Å². The minimum Gasteiger partial charge on any atom is -0.507 e. The van der Waals surface area contributed by atoms with Crippen LogP contribution in [0, 0.1) is 10.5 Å². The standard InChI is InChI=1S/C14H16IN3O2/c1-9-11(8-17-18-9)3-2-6-16-14(20)10-4-5-12(15)13(19)7-10/h4-5,7-8,19H,2-3,6H2,1H3,(H,16,20)(H,17,18). The third-order valence-corrected chi connectivity index (χ3v) is 3.96. The molecule has 0 saturated carbocycles. The van der Waals surface area contributed by atoms with Gasteiger partial charge in [-0.3, -0.25) is 9.89 Å². The average molecular weight is 385 g/mol. The minimum atomic E-state index is -0.166. The van der Waals surface area contributed by atoms with E-state index in [1.165, 1.54) is 11.6 Å². The largest absolute Gasteiger partial charge is 0.507 e. The molecule has 2 aromatic rings. The molecule has 0 radical (unpaired) electrons. The molecule has 0 unspecified atom stereocenters. The van der Waals surface area contributed by atoms with Crippen LogP contribution in [0.4, 0.5) is 0 Å². The fourth-order valence-electron chi connectivity index (χ4n) is 1.86. The average Bonchev–Trinajstić information content (AvgIpc) is 2.83. The van der Waals surface area contributed by atoms with Gasteiger partial charge in [0.05, 0.1) is 9.77 Å². The molecule has 106 valence electrons. The van der Waals surface area contributed by atoms with Crippen molar-refractivity contribution in [2.24, 2.45) is 0 Å². The van der Waals surface area contributed by atoms with Crippen LogP contribution in [0.5, 0.6) is 5.75 Å². The summed E-state index contributed by atoms with van der Waals surface area (Å²) in [5, 5.41) is 19.3. The van der Waals surface area contributed by atoms with Gasteiger partial charge in [-0.2, -0.15) is 5.10 Å². The van der Waals surface area contributed by atoms with Crippen LogP contribution >= 0.6 is 22.6 Å². The molecule has 0 saturated heterocycles. The Morgan fingerprint density at radius 1 is 1.50 bits per heavy atom. The molecule has 0 fully saturated rings. The zero-order valence-corrected chi connectivity index (χ0v) is 13.3. The summed E-state index contributed by atoms with van der Waals surface area (Å²) >= 11 is 2.02. The van der Waals surface area contributed by atoms with Gasteiger partial charge in [-0.15, -0.1) is 0 Å². The van der Waals surface area contributed by atoms with E-state index in [1.807, 2.05) is 35.7 Å². The van der Waals surface area contributed by atoms with E-state index in [-0.39, 0.29) is 11.7 Å². The van der Waals surface area contributed by atoms with Gasteiger partial charge >= 0.3 is 0 Å². The van der Waals surface area contributed by atoms with Crippen molar-refractivity contribution in [3.8, 4) is 5.75 Å². The number of phenols is 1. The second-order valence-corrected chi connectivity index (χ2v) is 5.71. The molecule has 0 aliphatic carbocycles. The number of aryl methyl sites for hydroxylation is 2. The lowest BCUT2D eigenvalue weighted by atomic mass is 10.1. The van der Waals surface area contributed by atoms with Crippen molar-refractivity contribution < 1.29 is 9.90 Å².